The number of amides is 1. The molecule has 2 aliphatic rings. The molecule has 0 saturated carbocycles. The number of β-amino-alcohol motifs (C(OH)–C–C–N with tert-alkyl or cyclic N) is 1. The molecule has 0 aromatic rings. The van der Waals surface area contributed by atoms with Crippen molar-refractivity contribution in [1.29, 1.82) is 0 Å². The van der Waals surface area contributed by atoms with E-state index in [0.717, 1.165) is 13.0 Å². The van der Waals surface area contributed by atoms with E-state index in [-0.39, 0.29) is 11.3 Å². The second-order valence-corrected chi connectivity index (χ2v) is 7.41. The molecule has 116 valence electrons. The maximum atomic E-state index is 12.3. The van der Waals surface area contributed by atoms with E-state index in [2.05, 4.69) is 4.90 Å². The van der Waals surface area contributed by atoms with Crippen LogP contribution in [0.25, 0.3) is 0 Å². The third kappa shape index (κ3) is 3.53. The van der Waals surface area contributed by atoms with Crippen molar-refractivity contribution < 1.29 is 9.90 Å². The van der Waals surface area contributed by atoms with E-state index in [1.807, 2.05) is 25.7 Å². The fraction of sp³-hybridized carbons (Fsp3) is 0.938. The van der Waals surface area contributed by atoms with Crippen LogP contribution in [0, 0.1) is 5.41 Å². The van der Waals surface area contributed by atoms with E-state index >= 15 is 0 Å². The number of nitrogens with zero attached hydrogens (tertiary/aromatic N) is 2. The lowest BCUT2D eigenvalue weighted by Gasteiger charge is -2.30. The molecule has 1 atom stereocenters. The van der Waals surface area contributed by atoms with Crippen LogP contribution in [-0.2, 0) is 4.79 Å². The molecule has 2 heterocycles. The standard InChI is InChI=1S/C16H30N2O2/c1-15(2)12-18(13-16(15,3)20)14(19)8-7-11-17-9-5-4-6-10-17/h20H,4-13H2,1-3H3/t16-/m1/s1. The highest BCUT2D eigenvalue weighted by Crippen LogP contribution is 2.38. The van der Waals surface area contributed by atoms with Gasteiger partial charge in [0.05, 0.1) is 5.60 Å². The summed E-state index contributed by atoms with van der Waals surface area (Å²) in [5.74, 6) is 0.202. The van der Waals surface area contributed by atoms with Crippen LogP contribution < -0.4 is 0 Å². The lowest BCUT2D eigenvalue weighted by molar-refractivity contribution is -0.131. The van der Waals surface area contributed by atoms with Crippen LogP contribution in [0.3, 0.4) is 0 Å². The summed E-state index contributed by atoms with van der Waals surface area (Å²) in [5.41, 5.74) is -0.981. The quantitative estimate of drug-likeness (QED) is 0.856. The predicted molar refractivity (Wildman–Crippen MR) is 80.5 cm³/mol. The Morgan fingerprint density at radius 2 is 1.75 bits per heavy atom. The number of hydrogen-bond donors (Lipinski definition) is 1. The van der Waals surface area contributed by atoms with E-state index in [1.54, 1.807) is 0 Å². The maximum absolute atomic E-state index is 12.3. The molecule has 2 fully saturated rings. The van der Waals surface area contributed by atoms with Gasteiger partial charge in [0.1, 0.15) is 0 Å². The fourth-order valence-corrected chi connectivity index (χ4v) is 3.26. The van der Waals surface area contributed by atoms with E-state index < -0.39 is 5.60 Å². The second-order valence-electron chi connectivity index (χ2n) is 7.41. The van der Waals surface area contributed by atoms with Crippen molar-refractivity contribution in [3.63, 3.8) is 0 Å². The largest absolute Gasteiger partial charge is 0.388 e. The first-order chi connectivity index (χ1) is 9.32. The molecular weight excluding hydrogens is 252 g/mol. The highest BCUT2D eigenvalue weighted by atomic mass is 16.3. The minimum Gasteiger partial charge on any atom is -0.388 e. The normalized spacial score (nSPS) is 30.7. The summed E-state index contributed by atoms with van der Waals surface area (Å²) >= 11 is 0. The van der Waals surface area contributed by atoms with Gasteiger partial charge in [-0.3, -0.25) is 4.79 Å². The summed E-state index contributed by atoms with van der Waals surface area (Å²) in [6.45, 7) is 10.5. The molecule has 2 aliphatic heterocycles. The Hall–Kier alpha value is -0.610. The molecule has 1 N–H and O–H groups in total. The molecule has 0 radical (unpaired) electrons. The average molecular weight is 282 g/mol. The fourth-order valence-electron chi connectivity index (χ4n) is 3.26. The zero-order chi connectivity index (χ0) is 14.8. The average Bonchev–Trinajstić information content (AvgIpc) is 2.60. The highest BCUT2D eigenvalue weighted by molar-refractivity contribution is 5.76. The van der Waals surface area contributed by atoms with Crippen LogP contribution in [0.4, 0.5) is 0 Å². The minimum atomic E-state index is -0.768. The second kappa shape index (κ2) is 6.02. The number of piperidine rings is 1. The number of likely N-dealkylation sites (tertiary alicyclic amines) is 2. The van der Waals surface area contributed by atoms with E-state index in [9.17, 15) is 9.90 Å². The molecule has 0 bridgehead atoms. The van der Waals surface area contributed by atoms with Crippen LogP contribution in [0.5, 0.6) is 0 Å². The monoisotopic (exact) mass is 282 g/mol. The SMILES string of the molecule is CC1(C)CN(C(=O)CCCN2CCCCC2)C[C@@]1(C)O. The van der Waals surface area contributed by atoms with Crippen LogP contribution >= 0.6 is 0 Å². The van der Waals surface area contributed by atoms with Gasteiger partial charge in [0, 0.05) is 24.9 Å². The lowest BCUT2D eigenvalue weighted by atomic mass is 9.79. The number of carbonyl (C=O) groups excluding carboxylic acids is 1. The first kappa shape index (κ1) is 15.8. The molecule has 1 amide bonds. The van der Waals surface area contributed by atoms with E-state index in [0.29, 0.717) is 19.5 Å². The van der Waals surface area contributed by atoms with Gasteiger partial charge in [-0.05, 0) is 45.8 Å². The lowest BCUT2D eigenvalue weighted by Crippen LogP contribution is -2.40. The molecule has 20 heavy (non-hydrogen) atoms. The Bertz CT molecular complexity index is 330. The topological polar surface area (TPSA) is 43.8 Å². The zero-order valence-corrected chi connectivity index (χ0v) is 13.3. The summed E-state index contributed by atoms with van der Waals surface area (Å²) < 4.78 is 0. The molecule has 0 unspecified atom stereocenters. The van der Waals surface area contributed by atoms with Crippen molar-refractivity contribution in [3.8, 4) is 0 Å². The van der Waals surface area contributed by atoms with Crippen LogP contribution in [0.1, 0.15) is 52.9 Å². The molecule has 0 aromatic heterocycles. The molecule has 0 aromatic carbocycles. The number of carbonyl (C=O) groups is 1. The van der Waals surface area contributed by atoms with Gasteiger partial charge >= 0.3 is 0 Å². The first-order valence-corrected chi connectivity index (χ1v) is 8.04. The van der Waals surface area contributed by atoms with Gasteiger partial charge in [0.25, 0.3) is 0 Å². The van der Waals surface area contributed by atoms with Gasteiger partial charge < -0.3 is 14.9 Å². The molecule has 0 spiro atoms. The van der Waals surface area contributed by atoms with Crippen molar-refractivity contribution in [2.24, 2.45) is 5.41 Å². The van der Waals surface area contributed by atoms with Gasteiger partial charge in [-0.15, -0.1) is 0 Å². The van der Waals surface area contributed by atoms with Gasteiger partial charge in [-0.2, -0.15) is 0 Å². The Labute approximate surface area is 123 Å². The van der Waals surface area contributed by atoms with Gasteiger partial charge in [0.15, 0.2) is 0 Å². The third-order valence-corrected chi connectivity index (χ3v) is 5.21. The Balaban J connectivity index is 1.73. The molecule has 4 heteroatoms. The Morgan fingerprint density at radius 1 is 1.10 bits per heavy atom. The summed E-state index contributed by atoms with van der Waals surface area (Å²) in [4.78, 5) is 16.6. The Kier molecular flexibility index (Phi) is 4.75. The molecule has 2 saturated heterocycles. The van der Waals surface area contributed by atoms with Crippen molar-refractivity contribution in [3.05, 3.63) is 0 Å². The smallest absolute Gasteiger partial charge is 0.222 e. The number of hydrogen-bond acceptors (Lipinski definition) is 3. The Morgan fingerprint density at radius 3 is 2.30 bits per heavy atom. The summed E-state index contributed by atoms with van der Waals surface area (Å²) in [5, 5.41) is 10.4. The van der Waals surface area contributed by atoms with Gasteiger partial charge in [-0.1, -0.05) is 20.3 Å². The molecule has 4 nitrogen and oxygen atoms in total. The first-order valence-electron chi connectivity index (χ1n) is 8.04. The van der Waals surface area contributed by atoms with Crippen molar-refractivity contribution in [1.82, 2.24) is 9.80 Å². The van der Waals surface area contributed by atoms with Crippen molar-refractivity contribution in [2.75, 3.05) is 32.7 Å². The number of aliphatic hydroxyl groups is 1. The predicted octanol–water partition coefficient (Wildman–Crippen LogP) is 1.87. The molecular formula is C16H30N2O2. The maximum Gasteiger partial charge on any atom is 0.222 e. The van der Waals surface area contributed by atoms with Gasteiger partial charge in [0.2, 0.25) is 5.91 Å². The number of rotatable bonds is 4. The van der Waals surface area contributed by atoms with Crippen molar-refractivity contribution in [2.45, 2.75) is 58.5 Å². The highest BCUT2D eigenvalue weighted by Gasteiger charge is 2.48. The van der Waals surface area contributed by atoms with Crippen LogP contribution in [0.15, 0.2) is 0 Å². The van der Waals surface area contributed by atoms with E-state index in [1.165, 1.54) is 32.4 Å². The summed E-state index contributed by atoms with van der Waals surface area (Å²) in [6, 6.07) is 0. The summed E-state index contributed by atoms with van der Waals surface area (Å²) in [6.07, 6.45) is 5.52. The minimum absolute atomic E-state index is 0.202. The molecule has 2 rings (SSSR count). The van der Waals surface area contributed by atoms with Crippen LogP contribution in [0.2, 0.25) is 0 Å². The van der Waals surface area contributed by atoms with Gasteiger partial charge in [-0.25, -0.2) is 0 Å². The third-order valence-electron chi connectivity index (χ3n) is 5.21. The van der Waals surface area contributed by atoms with Crippen LogP contribution in [-0.4, -0.2) is 59.1 Å². The summed E-state index contributed by atoms with van der Waals surface area (Å²) in [7, 11) is 0. The zero-order valence-electron chi connectivity index (χ0n) is 13.3. The molecule has 0 aliphatic carbocycles. The van der Waals surface area contributed by atoms with E-state index in [4.69, 9.17) is 0 Å². The van der Waals surface area contributed by atoms with Crippen molar-refractivity contribution >= 4 is 5.91 Å².